The van der Waals surface area contributed by atoms with Gasteiger partial charge in [0.1, 0.15) is 0 Å². The van der Waals surface area contributed by atoms with Crippen LogP contribution in [0.3, 0.4) is 0 Å². The Morgan fingerprint density at radius 3 is 1.29 bits per heavy atom. The van der Waals surface area contributed by atoms with Crippen molar-refractivity contribution in [3.63, 3.8) is 0 Å². The molecule has 3 aliphatic rings. The van der Waals surface area contributed by atoms with E-state index in [1.54, 1.807) is 0 Å². The van der Waals surface area contributed by atoms with Crippen molar-refractivity contribution in [2.24, 2.45) is 0 Å². The molecule has 0 radical (unpaired) electrons. The molecule has 3 aromatic carbocycles. The van der Waals surface area contributed by atoms with E-state index >= 15 is 0 Å². The molecule has 0 amide bonds. The van der Waals surface area contributed by atoms with Gasteiger partial charge in [-0.25, -0.2) is 0 Å². The van der Waals surface area contributed by atoms with E-state index in [0.29, 0.717) is 16.6 Å². The van der Waals surface area contributed by atoms with Crippen LogP contribution in [0.2, 0.25) is 6.04 Å². The van der Waals surface area contributed by atoms with Crippen LogP contribution in [0, 0.1) is 0 Å². The van der Waals surface area contributed by atoms with E-state index in [2.05, 4.69) is 122 Å². The summed E-state index contributed by atoms with van der Waals surface area (Å²) in [6, 6.07) is 28.1. The molecule has 3 atom stereocenters. The van der Waals surface area contributed by atoms with Gasteiger partial charge in [-0.2, -0.15) is 0 Å². The van der Waals surface area contributed by atoms with E-state index in [0.717, 1.165) is 6.04 Å². The molecule has 0 nitrogen and oxygen atoms in total. The number of hydrogen-bond acceptors (Lipinski definition) is 0. The Labute approximate surface area is 186 Å². The van der Waals surface area contributed by atoms with Crippen molar-refractivity contribution in [3.05, 3.63) is 137 Å². The summed E-state index contributed by atoms with van der Waals surface area (Å²) >= 11 is 0. The number of allylic oxidation sites excluding steroid dienone is 4. The SMILES string of the molecule is C=CC[Si](C1C=Cc2ccccc21)(C1C=Cc2ccccc21)C1C=Cc2ccccc21. The summed E-state index contributed by atoms with van der Waals surface area (Å²) in [5, 5.41) is 0. The molecule has 0 bridgehead atoms. The summed E-state index contributed by atoms with van der Waals surface area (Å²) < 4.78 is 0. The maximum Gasteiger partial charge on any atom is 0.0923 e. The lowest BCUT2D eigenvalue weighted by molar-refractivity contribution is 0.940. The molecule has 1 heteroatoms. The molecule has 0 spiro atoms. The molecule has 3 unspecified atom stereocenters. The average molecular weight is 415 g/mol. The fraction of sp³-hybridized carbons (Fsp3) is 0.133. The zero-order chi connectivity index (χ0) is 20.8. The van der Waals surface area contributed by atoms with E-state index in [1.165, 1.54) is 33.4 Å². The fourth-order valence-electron chi connectivity index (χ4n) is 6.37. The third-order valence-electron chi connectivity index (χ3n) is 7.63. The zero-order valence-electron chi connectivity index (χ0n) is 17.6. The summed E-state index contributed by atoms with van der Waals surface area (Å²) in [4.78, 5) is 0. The molecule has 0 fully saturated rings. The van der Waals surface area contributed by atoms with Crippen molar-refractivity contribution >= 4 is 26.3 Å². The molecule has 0 aliphatic heterocycles. The third kappa shape index (κ3) is 2.66. The first kappa shape index (κ1) is 18.6. The van der Waals surface area contributed by atoms with Gasteiger partial charge in [0, 0.05) is 16.6 Å². The Bertz CT molecular complexity index is 1110. The number of hydrogen-bond donors (Lipinski definition) is 0. The highest BCUT2D eigenvalue weighted by molar-refractivity contribution is 6.86. The minimum Gasteiger partial charge on any atom is -0.103 e. The van der Waals surface area contributed by atoms with Gasteiger partial charge in [-0.05, 0) is 39.4 Å². The van der Waals surface area contributed by atoms with E-state index in [-0.39, 0.29) is 0 Å². The Balaban J connectivity index is 1.62. The standard InChI is InChI=1S/C30H26Si/c1-2-21-31(28-18-15-22-9-3-6-12-25(22)28,29-19-16-23-10-4-7-13-26(23)29)30-20-17-24-11-5-8-14-27(24)30/h2-20,28-30H,1,21H2. The van der Waals surface area contributed by atoms with Gasteiger partial charge in [-0.15, -0.1) is 6.58 Å². The summed E-state index contributed by atoms with van der Waals surface area (Å²) in [6.07, 6.45) is 16.8. The van der Waals surface area contributed by atoms with Gasteiger partial charge >= 0.3 is 0 Å². The maximum atomic E-state index is 4.29. The van der Waals surface area contributed by atoms with Crippen molar-refractivity contribution < 1.29 is 0 Å². The van der Waals surface area contributed by atoms with Crippen LogP contribution >= 0.6 is 0 Å². The molecule has 6 rings (SSSR count). The third-order valence-corrected chi connectivity index (χ3v) is 13.6. The molecular weight excluding hydrogens is 388 g/mol. The first-order valence-electron chi connectivity index (χ1n) is 11.3. The number of rotatable bonds is 5. The number of benzene rings is 3. The van der Waals surface area contributed by atoms with Crippen LogP contribution in [0.1, 0.15) is 50.0 Å². The maximum absolute atomic E-state index is 4.29. The van der Waals surface area contributed by atoms with Crippen molar-refractivity contribution in [2.45, 2.75) is 22.7 Å². The van der Waals surface area contributed by atoms with Gasteiger partial charge in [0.25, 0.3) is 0 Å². The predicted molar refractivity (Wildman–Crippen MR) is 135 cm³/mol. The first-order valence-corrected chi connectivity index (χ1v) is 13.7. The summed E-state index contributed by atoms with van der Waals surface area (Å²) in [5.74, 6) is 0. The lowest BCUT2D eigenvalue weighted by Gasteiger charge is -2.46. The summed E-state index contributed by atoms with van der Waals surface area (Å²) in [6.45, 7) is 4.29. The zero-order valence-corrected chi connectivity index (χ0v) is 18.6. The highest BCUT2D eigenvalue weighted by Gasteiger charge is 2.54. The number of fused-ring (bicyclic) bond motifs is 3. The van der Waals surface area contributed by atoms with E-state index < -0.39 is 8.07 Å². The highest BCUT2D eigenvalue weighted by atomic mass is 28.3. The van der Waals surface area contributed by atoms with Gasteiger partial charge in [0.2, 0.25) is 0 Å². The minimum absolute atomic E-state index is 0.461. The summed E-state index contributed by atoms with van der Waals surface area (Å²) in [7, 11) is -2.13. The van der Waals surface area contributed by atoms with Crippen molar-refractivity contribution in [3.8, 4) is 0 Å². The molecule has 0 saturated heterocycles. The van der Waals surface area contributed by atoms with Crippen molar-refractivity contribution in [1.29, 1.82) is 0 Å². The van der Waals surface area contributed by atoms with Crippen LogP contribution in [-0.4, -0.2) is 8.07 Å². The highest BCUT2D eigenvalue weighted by Crippen LogP contribution is 2.56. The van der Waals surface area contributed by atoms with E-state index in [9.17, 15) is 0 Å². The lowest BCUT2D eigenvalue weighted by atomic mass is 10.1. The van der Waals surface area contributed by atoms with Crippen LogP contribution in [0.15, 0.2) is 104 Å². The van der Waals surface area contributed by atoms with E-state index in [4.69, 9.17) is 0 Å². The molecule has 150 valence electrons. The van der Waals surface area contributed by atoms with Gasteiger partial charge < -0.3 is 0 Å². The van der Waals surface area contributed by atoms with Crippen LogP contribution in [-0.2, 0) is 0 Å². The van der Waals surface area contributed by atoms with Crippen molar-refractivity contribution in [1.82, 2.24) is 0 Å². The molecule has 3 aliphatic carbocycles. The summed E-state index contributed by atoms with van der Waals surface area (Å²) in [5.41, 5.74) is 10.1. The largest absolute Gasteiger partial charge is 0.103 e. The molecule has 0 N–H and O–H groups in total. The minimum atomic E-state index is -2.13. The van der Waals surface area contributed by atoms with Gasteiger partial charge in [0.05, 0.1) is 8.07 Å². The van der Waals surface area contributed by atoms with Crippen LogP contribution in [0.4, 0.5) is 0 Å². The van der Waals surface area contributed by atoms with Gasteiger partial charge in [0.15, 0.2) is 0 Å². The lowest BCUT2D eigenvalue weighted by Crippen LogP contribution is -2.51. The topological polar surface area (TPSA) is 0 Å². The second kappa shape index (κ2) is 7.21. The predicted octanol–water partition coefficient (Wildman–Crippen LogP) is 7.67. The monoisotopic (exact) mass is 414 g/mol. The quantitative estimate of drug-likeness (QED) is 0.297. The Morgan fingerprint density at radius 2 is 0.935 bits per heavy atom. The molecule has 0 aromatic heterocycles. The average Bonchev–Trinajstić information content (AvgIpc) is 3.54. The van der Waals surface area contributed by atoms with Gasteiger partial charge in [-0.1, -0.05) is 115 Å². The fourth-order valence-corrected chi connectivity index (χ4v) is 12.7. The Morgan fingerprint density at radius 1 is 0.581 bits per heavy atom. The molecular formula is C30H26Si. The van der Waals surface area contributed by atoms with Crippen molar-refractivity contribution in [2.75, 3.05) is 0 Å². The smallest absolute Gasteiger partial charge is 0.0923 e. The Kier molecular flexibility index (Phi) is 4.33. The normalized spacial score (nSPS) is 23.9. The molecule has 0 saturated carbocycles. The molecule has 0 heterocycles. The Hall–Kier alpha value is -3.16. The second-order valence-electron chi connectivity index (χ2n) is 9.00. The van der Waals surface area contributed by atoms with Gasteiger partial charge in [-0.3, -0.25) is 0 Å². The molecule has 31 heavy (non-hydrogen) atoms. The van der Waals surface area contributed by atoms with Crippen LogP contribution in [0.25, 0.3) is 18.2 Å². The second-order valence-corrected chi connectivity index (χ2v) is 13.5. The van der Waals surface area contributed by atoms with Crippen LogP contribution < -0.4 is 0 Å². The molecule has 3 aromatic rings. The van der Waals surface area contributed by atoms with E-state index in [1.807, 2.05) is 0 Å². The van der Waals surface area contributed by atoms with Crippen LogP contribution in [0.5, 0.6) is 0 Å². The first-order chi connectivity index (χ1) is 15.3.